The van der Waals surface area contributed by atoms with Crippen molar-refractivity contribution in [1.82, 2.24) is 14.3 Å². The molecule has 1 N–H and O–H groups in total. The highest BCUT2D eigenvalue weighted by Gasteiger charge is 2.38. The molecule has 6 nitrogen and oxygen atoms in total. The number of thiocarbonyl (C=S) groups is 1. The summed E-state index contributed by atoms with van der Waals surface area (Å²) in [5.74, 6) is 0.325. The van der Waals surface area contributed by atoms with E-state index in [2.05, 4.69) is 16.9 Å². The summed E-state index contributed by atoms with van der Waals surface area (Å²) in [5.41, 5.74) is 1.60. The fourth-order valence-corrected chi connectivity index (χ4v) is 5.22. The van der Waals surface area contributed by atoms with Crippen LogP contribution in [0, 0.1) is 6.92 Å². The molecule has 8 heteroatoms. The van der Waals surface area contributed by atoms with Crippen molar-refractivity contribution in [2.24, 2.45) is 0 Å². The van der Waals surface area contributed by atoms with Crippen LogP contribution < -0.4 is 10.9 Å². The Bertz CT molecular complexity index is 1100. The minimum atomic E-state index is -0.226. The lowest BCUT2D eigenvalue weighted by Crippen LogP contribution is -2.36. The number of hydrogen-bond acceptors (Lipinski definition) is 6. The molecule has 0 unspecified atom stereocenters. The fraction of sp³-hybridized carbons (Fsp3) is 0.333. The van der Waals surface area contributed by atoms with Gasteiger partial charge in [-0.2, -0.15) is 0 Å². The number of nitrogens with one attached hydrogen (secondary N) is 1. The Kier molecular flexibility index (Phi) is 5.56. The molecule has 2 fully saturated rings. The number of rotatable bonds is 5. The summed E-state index contributed by atoms with van der Waals surface area (Å²) in [7, 11) is 0. The number of hydrogen-bond donors (Lipinski definition) is 1. The van der Waals surface area contributed by atoms with Crippen molar-refractivity contribution in [3.05, 3.63) is 57.4 Å². The zero-order valence-electron chi connectivity index (χ0n) is 16.2. The van der Waals surface area contributed by atoms with E-state index in [0.717, 1.165) is 31.2 Å². The predicted molar refractivity (Wildman–Crippen MR) is 122 cm³/mol. The first kappa shape index (κ1) is 19.8. The molecule has 0 atom stereocenters. The number of carbonyl (C=O) groups is 1. The Labute approximate surface area is 178 Å². The summed E-state index contributed by atoms with van der Waals surface area (Å²) < 4.78 is 2.08. The molecule has 0 spiro atoms. The number of carbonyl (C=O) groups excluding carboxylic acids is 1. The normalized spacial score (nSPS) is 18.9. The molecule has 150 valence electrons. The maximum atomic E-state index is 13.2. The van der Waals surface area contributed by atoms with Crippen LogP contribution in [0.15, 0.2) is 40.7 Å². The fourth-order valence-electron chi connectivity index (χ4n) is 3.83. The molecule has 0 radical (unpaired) electrons. The summed E-state index contributed by atoms with van der Waals surface area (Å²) >= 11 is 6.73. The zero-order valence-corrected chi connectivity index (χ0v) is 17.8. The number of nitrogens with zero attached hydrogens (tertiary/aromatic N) is 3. The SMILES string of the molecule is C=CCNc1nc2c(C)cccn2c(=O)c1/C=C1/SC(=S)N(C2CCCC2)C1=O. The smallest absolute Gasteiger partial charge is 0.267 e. The third-order valence-corrected chi connectivity index (χ3v) is 6.62. The molecule has 1 aliphatic heterocycles. The Morgan fingerprint density at radius 3 is 2.86 bits per heavy atom. The van der Waals surface area contributed by atoms with Gasteiger partial charge in [0.15, 0.2) is 0 Å². The van der Waals surface area contributed by atoms with Gasteiger partial charge in [-0.15, -0.1) is 6.58 Å². The second-order valence-corrected chi connectivity index (χ2v) is 8.90. The zero-order chi connectivity index (χ0) is 20.5. The van der Waals surface area contributed by atoms with Crippen molar-refractivity contribution in [2.45, 2.75) is 38.6 Å². The van der Waals surface area contributed by atoms with Crippen LogP contribution in [0.2, 0.25) is 0 Å². The summed E-state index contributed by atoms with van der Waals surface area (Å²) in [6, 6.07) is 3.89. The van der Waals surface area contributed by atoms with E-state index in [4.69, 9.17) is 12.2 Å². The highest BCUT2D eigenvalue weighted by Crippen LogP contribution is 2.38. The lowest BCUT2D eigenvalue weighted by atomic mass is 10.2. The van der Waals surface area contributed by atoms with Crippen LogP contribution >= 0.6 is 24.0 Å². The van der Waals surface area contributed by atoms with Crippen molar-refractivity contribution < 1.29 is 4.79 Å². The molecule has 1 saturated carbocycles. The first-order valence-electron chi connectivity index (χ1n) is 9.65. The van der Waals surface area contributed by atoms with Gasteiger partial charge in [0.2, 0.25) is 0 Å². The first-order chi connectivity index (χ1) is 14.0. The number of anilines is 1. The highest BCUT2D eigenvalue weighted by atomic mass is 32.2. The van der Waals surface area contributed by atoms with E-state index in [0.29, 0.717) is 32.8 Å². The van der Waals surface area contributed by atoms with Crippen LogP contribution in [0.25, 0.3) is 11.7 Å². The third-order valence-electron chi connectivity index (χ3n) is 5.29. The van der Waals surface area contributed by atoms with Gasteiger partial charge in [0.1, 0.15) is 15.8 Å². The third kappa shape index (κ3) is 3.62. The van der Waals surface area contributed by atoms with E-state index in [-0.39, 0.29) is 17.5 Å². The second-order valence-electron chi connectivity index (χ2n) is 7.22. The molecule has 2 aliphatic rings. The van der Waals surface area contributed by atoms with E-state index in [1.165, 1.54) is 16.2 Å². The van der Waals surface area contributed by atoms with E-state index >= 15 is 0 Å². The Balaban J connectivity index is 1.81. The van der Waals surface area contributed by atoms with Crippen LogP contribution in [0.5, 0.6) is 0 Å². The number of thioether (sulfide) groups is 1. The summed E-state index contributed by atoms with van der Waals surface area (Å²) in [6.07, 6.45) is 9.21. The Morgan fingerprint density at radius 2 is 2.14 bits per heavy atom. The van der Waals surface area contributed by atoms with Gasteiger partial charge < -0.3 is 5.32 Å². The topological polar surface area (TPSA) is 66.7 Å². The van der Waals surface area contributed by atoms with Crippen LogP contribution in [-0.2, 0) is 4.79 Å². The van der Waals surface area contributed by atoms with Crippen LogP contribution in [0.1, 0.15) is 36.8 Å². The van der Waals surface area contributed by atoms with Crippen molar-refractivity contribution in [2.75, 3.05) is 11.9 Å². The van der Waals surface area contributed by atoms with Gasteiger partial charge in [0.25, 0.3) is 11.5 Å². The number of amides is 1. The Morgan fingerprint density at radius 1 is 1.38 bits per heavy atom. The average molecular weight is 427 g/mol. The molecule has 0 aromatic carbocycles. The maximum Gasteiger partial charge on any atom is 0.267 e. The van der Waals surface area contributed by atoms with Crippen molar-refractivity contribution in [3.8, 4) is 0 Å². The number of aryl methyl sites for hydroxylation is 1. The van der Waals surface area contributed by atoms with E-state index in [1.807, 2.05) is 19.1 Å². The molecule has 1 aliphatic carbocycles. The van der Waals surface area contributed by atoms with Crippen molar-refractivity contribution in [3.63, 3.8) is 0 Å². The van der Waals surface area contributed by atoms with Crippen molar-refractivity contribution in [1.29, 1.82) is 0 Å². The highest BCUT2D eigenvalue weighted by molar-refractivity contribution is 8.26. The van der Waals surface area contributed by atoms with Gasteiger partial charge >= 0.3 is 0 Å². The lowest BCUT2D eigenvalue weighted by molar-refractivity contribution is -0.123. The molecule has 2 aromatic heterocycles. The van der Waals surface area contributed by atoms with Gasteiger partial charge in [-0.3, -0.25) is 18.9 Å². The molecule has 0 bridgehead atoms. The minimum absolute atomic E-state index is 0.115. The van der Waals surface area contributed by atoms with Crippen molar-refractivity contribution >= 4 is 51.7 Å². The van der Waals surface area contributed by atoms with Gasteiger partial charge in [0.05, 0.1) is 10.5 Å². The molecule has 2 aromatic rings. The standard InChI is InChI=1S/C21H22N4O2S2/c1-3-10-22-17-15(19(26)24-11-6-7-13(2)18(24)23-17)12-16-20(27)25(21(28)29-16)14-8-4-5-9-14/h3,6-7,11-12,14,22H,1,4-5,8-10H2,2H3/b16-12+. The molecular weight excluding hydrogens is 404 g/mol. The van der Waals surface area contributed by atoms with Gasteiger partial charge in [-0.25, -0.2) is 4.98 Å². The van der Waals surface area contributed by atoms with Gasteiger partial charge in [-0.1, -0.05) is 49.0 Å². The first-order valence-corrected chi connectivity index (χ1v) is 10.9. The van der Waals surface area contributed by atoms with Gasteiger partial charge in [0, 0.05) is 18.8 Å². The molecule has 29 heavy (non-hydrogen) atoms. The van der Waals surface area contributed by atoms with Gasteiger partial charge in [-0.05, 0) is 37.5 Å². The summed E-state index contributed by atoms with van der Waals surface area (Å²) in [5, 5.41) is 3.14. The number of aromatic nitrogens is 2. The van der Waals surface area contributed by atoms with E-state index in [9.17, 15) is 9.59 Å². The maximum absolute atomic E-state index is 13.2. The monoisotopic (exact) mass is 426 g/mol. The van der Waals surface area contributed by atoms with E-state index < -0.39 is 0 Å². The largest absolute Gasteiger partial charge is 0.366 e. The second kappa shape index (κ2) is 8.12. The van der Waals surface area contributed by atoms with E-state index in [1.54, 1.807) is 23.2 Å². The Hall–Kier alpha value is -2.45. The molecule has 4 rings (SSSR count). The molecule has 1 amide bonds. The average Bonchev–Trinajstić information content (AvgIpc) is 3.31. The lowest BCUT2D eigenvalue weighted by Gasteiger charge is -2.21. The number of fused-ring (bicyclic) bond motifs is 1. The molecule has 1 saturated heterocycles. The summed E-state index contributed by atoms with van der Waals surface area (Å²) in [4.78, 5) is 33.1. The quantitative estimate of drug-likeness (QED) is 0.446. The van der Waals surface area contributed by atoms with Crippen LogP contribution in [0.3, 0.4) is 0 Å². The minimum Gasteiger partial charge on any atom is -0.366 e. The van der Waals surface area contributed by atoms with Crippen LogP contribution in [-0.4, -0.2) is 37.1 Å². The number of pyridine rings is 1. The predicted octanol–water partition coefficient (Wildman–Crippen LogP) is 3.74. The summed E-state index contributed by atoms with van der Waals surface area (Å²) in [6.45, 7) is 6.08. The van der Waals surface area contributed by atoms with Crippen LogP contribution in [0.4, 0.5) is 5.82 Å². The molecule has 3 heterocycles. The molecular formula is C21H22N4O2S2.